The molecule has 18 heavy (non-hydrogen) atoms. The van der Waals surface area contributed by atoms with E-state index in [2.05, 4.69) is 10.3 Å². The van der Waals surface area contributed by atoms with E-state index in [4.69, 9.17) is 0 Å². The van der Waals surface area contributed by atoms with Crippen LogP contribution in [0.1, 0.15) is 31.5 Å². The molecule has 0 spiro atoms. The van der Waals surface area contributed by atoms with Crippen molar-refractivity contribution in [2.24, 2.45) is 0 Å². The Morgan fingerprint density at radius 2 is 1.89 bits per heavy atom. The zero-order valence-electron chi connectivity index (χ0n) is 10.8. The molecular weight excluding hydrogens is 244 g/mol. The summed E-state index contributed by atoms with van der Waals surface area (Å²) in [5, 5.41) is 3.83. The van der Waals surface area contributed by atoms with Crippen molar-refractivity contribution in [3.8, 4) is 0 Å². The minimum atomic E-state index is -0.0551. The molecule has 2 aromatic rings. The Bertz CT molecular complexity index is 538. The second-order valence-corrected chi connectivity index (χ2v) is 5.59. The number of benzene rings is 1. The molecule has 0 atom stereocenters. The third-order valence-electron chi connectivity index (χ3n) is 2.79. The molecule has 0 aliphatic rings. The van der Waals surface area contributed by atoms with Crippen LogP contribution in [0.3, 0.4) is 0 Å². The van der Waals surface area contributed by atoms with E-state index in [1.54, 1.807) is 11.3 Å². The summed E-state index contributed by atoms with van der Waals surface area (Å²) < 4.78 is 0. The van der Waals surface area contributed by atoms with Gasteiger partial charge in [-0.15, -0.1) is 11.3 Å². The lowest BCUT2D eigenvalue weighted by molar-refractivity contribution is 0.0951. The highest BCUT2D eigenvalue weighted by Gasteiger charge is 2.07. The first-order chi connectivity index (χ1) is 8.56. The number of nitrogens with one attached hydrogen (secondary N) is 1. The van der Waals surface area contributed by atoms with Crippen LogP contribution in [0.2, 0.25) is 0 Å². The van der Waals surface area contributed by atoms with Crippen LogP contribution in [-0.2, 0) is 6.54 Å². The van der Waals surface area contributed by atoms with Gasteiger partial charge < -0.3 is 5.32 Å². The smallest absolute Gasteiger partial charge is 0.251 e. The molecule has 0 bridgehead atoms. The van der Waals surface area contributed by atoms with Crippen molar-refractivity contribution in [3.63, 3.8) is 0 Å². The van der Waals surface area contributed by atoms with Gasteiger partial charge in [0, 0.05) is 10.4 Å². The fourth-order valence-electron chi connectivity index (χ4n) is 1.58. The summed E-state index contributed by atoms with van der Waals surface area (Å²) in [6, 6.07) is 7.55. The predicted octanol–water partition coefficient (Wildman–Crippen LogP) is 3.00. The molecule has 2 rings (SSSR count). The first-order valence-corrected chi connectivity index (χ1v) is 6.65. The lowest BCUT2D eigenvalue weighted by atomic mass is 10.1. The number of hydrogen-bond donors (Lipinski definition) is 1. The molecule has 1 aromatic carbocycles. The molecule has 3 nitrogen and oxygen atoms in total. The number of carbonyl (C=O) groups is 1. The molecule has 0 aliphatic carbocycles. The summed E-state index contributed by atoms with van der Waals surface area (Å²) in [4.78, 5) is 17.5. The van der Waals surface area contributed by atoms with E-state index in [9.17, 15) is 4.79 Å². The van der Waals surface area contributed by atoms with Crippen LogP contribution in [-0.4, -0.2) is 10.9 Å². The zero-order valence-corrected chi connectivity index (χ0v) is 11.6. The van der Waals surface area contributed by atoms with Gasteiger partial charge in [0.2, 0.25) is 0 Å². The quantitative estimate of drug-likeness (QED) is 0.921. The van der Waals surface area contributed by atoms with Gasteiger partial charge in [0.1, 0.15) is 5.01 Å². The van der Waals surface area contributed by atoms with E-state index in [-0.39, 0.29) is 5.91 Å². The average molecular weight is 260 g/mol. The summed E-state index contributed by atoms with van der Waals surface area (Å²) in [5.74, 6) is -0.0551. The molecular formula is C14H16N2OS. The molecule has 0 saturated carbocycles. The van der Waals surface area contributed by atoms with Crippen LogP contribution < -0.4 is 5.32 Å². The Hall–Kier alpha value is -1.68. The van der Waals surface area contributed by atoms with E-state index in [0.717, 1.165) is 16.3 Å². The number of aromatic nitrogens is 1. The molecule has 1 aromatic heterocycles. The molecule has 0 aliphatic heterocycles. The number of nitrogens with zero attached hydrogens (tertiary/aromatic N) is 1. The van der Waals surface area contributed by atoms with Crippen molar-refractivity contribution >= 4 is 17.2 Å². The number of aryl methyl sites for hydroxylation is 3. The van der Waals surface area contributed by atoms with Crippen molar-refractivity contribution in [2.75, 3.05) is 0 Å². The third kappa shape index (κ3) is 2.96. The average Bonchev–Trinajstić information content (AvgIpc) is 2.67. The topological polar surface area (TPSA) is 42.0 Å². The summed E-state index contributed by atoms with van der Waals surface area (Å²) in [6.45, 7) is 6.52. The number of rotatable bonds is 3. The maximum atomic E-state index is 11.9. The van der Waals surface area contributed by atoms with Gasteiger partial charge in [-0.3, -0.25) is 4.79 Å². The Morgan fingerprint density at radius 3 is 2.44 bits per heavy atom. The Balaban J connectivity index is 1.98. The number of carbonyl (C=O) groups excluding carboxylic acids is 1. The Kier molecular flexibility index (Phi) is 3.77. The Morgan fingerprint density at radius 1 is 1.22 bits per heavy atom. The van der Waals surface area contributed by atoms with Gasteiger partial charge in [-0.2, -0.15) is 0 Å². The SMILES string of the molecule is Cc1ccc(C(=O)NCc2nc(C)c(C)s2)cc1. The molecule has 1 amide bonds. The second kappa shape index (κ2) is 5.31. The zero-order chi connectivity index (χ0) is 13.1. The normalized spacial score (nSPS) is 10.4. The summed E-state index contributed by atoms with van der Waals surface area (Å²) >= 11 is 1.63. The van der Waals surface area contributed by atoms with Crippen LogP contribution in [0.25, 0.3) is 0 Å². The molecule has 1 N–H and O–H groups in total. The van der Waals surface area contributed by atoms with Crippen molar-refractivity contribution < 1.29 is 4.79 Å². The molecule has 94 valence electrons. The van der Waals surface area contributed by atoms with Crippen LogP contribution in [0.5, 0.6) is 0 Å². The van der Waals surface area contributed by atoms with E-state index in [1.807, 2.05) is 45.0 Å². The van der Waals surface area contributed by atoms with E-state index in [1.165, 1.54) is 4.88 Å². The van der Waals surface area contributed by atoms with Crippen molar-refractivity contribution in [1.29, 1.82) is 0 Å². The standard InChI is InChI=1S/C14H16N2OS/c1-9-4-6-12(7-5-9)14(17)15-8-13-16-10(2)11(3)18-13/h4-7H,8H2,1-3H3,(H,15,17). The second-order valence-electron chi connectivity index (χ2n) is 4.30. The van der Waals surface area contributed by atoms with Gasteiger partial charge in [0.05, 0.1) is 12.2 Å². The van der Waals surface area contributed by atoms with Crippen molar-refractivity contribution in [1.82, 2.24) is 10.3 Å². The summed E-state index contributed by atoms with van der Waals surface area (Å²) in [6.07, 6.45) is 0. The van der Waals surface area contributed by atoms with Crippen LogP contribution >= 0.6 is 11.3 Å². The van der Waals surface area contributed by atoms with Gasteiger partial charge in [0.15, 0.2) is 0 Å². The molecule has 1 heterocycles. The molecule has 0 fully saturated rings. The Labute approximate surface area is 111 Å². The molecule has 0 saturated heterocycles. The van der Waals surface area contributed by atoms with Gasteiger partial charge >= 0.3 is 0 Å². The predicted molar refractivity (Wildman–Crippen MR) is 73.9 cm³/mol. The first-order valence-electron chi connectivity index (χ1n) is 5.84. The van der Waals surface area contributed by atoms with Gasteiger partial charge in [0.25, 0.3) is 5.91 Å². The van der Waals surface area contributed by atoms with Gasteiger partial charge in [-0.05, 0) is 32.9 Å². The van der Waals surface area contributed by atoms with Crippen LogP contribution in [0.15, 0.2) is 24.3 Å². The van der Waals surface area contributed by atoms with E-state index in [0.29, 0.717) is 12.1 Å². The van der Waals surface area contributed by atoms with E-state index < -0.39 is 0 Å². The van der Waals surface area contributed by atoms with Gasteiger partial charge in [-0.1, -0.05) is 17.7 Å². The minimum Gasteiger partial charge on any atom is -0.346 e. The third-order valence-corrected chi connectivity index (χ3v) is 3.86. The van der Waals surface area contributed by atoms with Crippen LogP contribution in [0, 0.1) is 20.8 Å². The van der Waals surface area contributed by atoms with Crippen molar-refractivity contribution in [3.05, 3.63) is 51.0 Å². The molecule has 4 heteroatoms. The fraction of sp³-hybridized carbons (Fsp3) is 0.286. The largest absolute Gasteiger partial charge is 0.346 e. The number of amides is 1. The first kappa shape index (κ1) is 12.8. The summed E-state index contributed by atoms with van der Waals surface area (Å²) in [5.41, 5.74) is 2.88. The maximum Gasteiger partial charge on any atom is 0.251 e. The molecule has 0 unspecified atom stereocenters. The lowest BCUT2D eigenvalue weighted by Crippen LogP contribution is -2.22. The molecule has 0 radical (unpaired) electrons. The van der Waals surface area contributed by atoms with E-state index >= 15 is 0 Å². The highest BCUT2D eigenvalue weighted by molar-refractivity contribution is 7.11. The lowest BCUT2D eigenvalue weighted by Gasteiger charge is -2.03. The monoisotopic (exact) mass is 260 g/mol. The summed E-state index contributed by atoms with van der Waals surface area (Å²) in [7, 11) is 0. The minimum absolute atomic E-state index is 0.0551. The maximum absolute atomic E-state index is 11.9. The number of hydrogen-bond acceptors (Lipinski definition) is 3. The highest BCUT2D eigenvalue weighted by atomic mass is 32.1. The van der Waals surface area contributed by atoms with Crippen LogP contribution in [0.4, 0.5) is 0 Å². The number of thiazole rings is 1. The highest BCUT2D eigenvalue weighted by Crippen LogP contribution is 2.16. The fourth-order valence-corrected chi connectivity index (χ4v) is 2.45. The van der Waals surface area contributed by atoms with Gasteiger partial charge in [-0.25, -0.2) is 4.98 Å². The van der Waals surface area contributed by atoms with Crippen molar-refractivity contribution in [2.45, 2.75) is 27.3 Å².